The summed E-state index contributed by atoms with van der Waals surface area (Å²) in [4.78, 5) is 47.3. The van der Waals surface area contributed by atoms with Crippen molar-refractivity contribution in [1.29, 1.82) is 0 Å². The average molecular weight is 414 g/mol. The van der Waals surface area contributed by atoms with Gasteiger partial charge in [0.2, 0.25) is 11.8 Å². The van der Waals surface area contributed by atoms with Crippen molar-refractivity contribution in [3.63, 3.8) is 0 Å². The Hall–Kier alpha value is -3.07. The number of carbonyl (C=O) groups excluding carboxylic acids is 2. The molecule has 3 aromatic rings. The Labute approximate surface area is 169 Å². The highest BCUT2D eigenvalue weighted by atomic mass is 32.1. The number of hydrogen-bond donors (Lipinski definition) is 1. The molecule has 0 unspecified atom stereocenters. The van der Waals surface area contributed by atoms with Gasteiger partial charge in [-0.2, -0.15) is 0 Å². The number of nitrogens with one attached hydrogen (secondary N) is 1. The van der Waals surface area contributed by atoms with Crippen molar-refractivity contribution in [2.45, 2.75) is 19.9 Å². The Bertz CT molecular complexity index is 1170. The molecule has 29 heavy (non-hydrogen) atoms. The van der Waals surface area contributed by atoms with Crippen LogP contribution in [0.2, 0.25) is 0 Å². The highest BCUT2D eigenvalue weighted by molar-refractivity contribution is 7.17. The number of aryl methyl sites for hydroxylation is 1. The van der Waals surface area contributed by atoms with E-state index in [9.17, 15) is 18.8 Å². The smallest absolute Gasteiger partial charge is 0.268 e. The Morgan fingerprint density at radius 1 is 1.38 bits per heavy atom. The number of halogens is 1. The number of H-pyrrole nitrogens is 1. The second-order valence-electron chi connectivity index (χ2n) is 7.18. The highest BCUT2D eigenvalue weighted by Gasteiger charge is 2.36. The van der Waals surface area contributed by atoms with Crippen LogP contribution >= 0.6 is 11.3 Å². The van der Waals surface area contributed by atoms with Crippen LogP contribution in [-0.4, -0.2) is 40.3 Å². The molecule has 2 amide bonds. The van der Waals surface area contributed by atoms with Crippen LogP contribution in [0.4, 0.5) is 10.1 Å². The number of hydrogen-bond acceptors (Lipinski definition) is 5. The van der Waals surface area contributed by atoms with E-state index in [-0.39, 0.29) is 42.7 Å². The maximum atomic E-state index is 13.9. The first-order chi connectivity index (χ1) is 13.8. The Kier molecular flexibility index (Phi) is 4.91. The van der Waals surface area contributed by atoms with Crippen LogP contribution in [-0.2, 0) is 16.1 Å². The molecule has 1 fully saturated rings. The van der Waals surface area contributed by atoms with Gasteiger partial charge in [0.25, 0.3) is 5.56 Å². The number of anilines is 1. The predicted molar refractivity (Wildman–Crippen MR) is 108 cm³/mol. The van der Waals surface area contributed by atoms with Crippen molar-refractivity contribution >= 4 is 39.1 Å². The molecule has 1 aromatic carbocycles. The van der Waals surface area contributed by atoms with E-state index in [1.54, 1.807) is 37.6 Å². The largest absolute Gasteiger partial charge is 0.338 e. The second kappa shape index (κ2) is 7.40. The summed E-state index contributed by atoms with van der Waals surface area (Å²) in [5.74, 6) is -0.972. The molecule has 9 heteroatoms. The molecule has 1 saturated heterocycles. The molecule has 0 radical (unpaired) electrons. The molecule has 0 spiro atoms. The minimum atomic E-state index is -0.534. The number of benzene rings is 1. The van der Waals surface area contributed by atoms with Gasteiger partial charge in [-0.15, -0.1) is 11.3 Å². The third-order valence-electron chi connectivity index (χ3n) is 5.07. The molecule has 1 aliphatic rings. The lowest BCUT2D eigenvalue weighted by molar-refractivity contribution is -0.135. The van der Waals surface area contributed by atoms with Gasteiger partial charge in [0.1, 0.15) is 16.3 Å². The van der Waals surface area contributed by atoms with Crippen molar-refractivity contribution < 1.29 is 14.0 Å². The first-order valence-corrected chi connectivity index (χ1v) is 9.99. The van der Waals surface area contributed by atoms with Gasteiger partial charge in [0.15, 0.2) is 0 Å². The quantitative estimate of drug-likeness (QED) is 0.711. The molecule has 0 saturated carbocycles. The topological polar surface area (TPSA) is 86.4 Å². The Morgan fingerprint density at radius 3 is 2.93 bits per heavy atom. The van der Waals surface area contributed by atoms with E-state index in [4.69, 9.17) is 0 Å². The predicted octanol–water partition coefficient (Wildman–Crippen LogP) is 2.44. The summed E-state index contributed by atoms with van der Waals surface area (Å²) < 4.78 is 14.4. The maximum Gasteiger partial charge on any atom is 0.268 e. The van der Waals surface area contributed by atoms with Crippen LogP contribution in [0.3, 0.4) is 0 Å². The summed E-state index contributed by atoms with van der Waals surface area (Å²) >= 11 is 1.31. The average Bonchev–Trinajstić information content (AvgIpc) is 3.30. The number of thiophene rings is 1. The van der Waals surface area contributed by atoms with E-state index in [1.165, 1.54) is 27.2 Å². The molecule has 1 atom stereocenters. The molecule has 0 aliphatic carbocycles. The zero-order valence-corrected chi connectivity index (χ0v) is 16.8. The van der Waals surface area contributed by atoms with Gasteiger partial charge >= 0.3 is 0 Å². The summed E-state index contributed by atoms with van der Waals surface area (Å²) in [7, 11) is 1.61. The first-order valence-electron chi connectivity index (χ1n) is 9.11. The molecule has 150 valence electrons. The molecule has 1 aliphatic heterocycles. The zero-order valence-electron chi connectivity index (χ0n) is 15.9. The molecular formula is C20H19FN4O3S. The molecule has 0 bridgehead atoms. The second-order valence-corrected chi connectivity index (χ2v) is 8.10. The van der Waals surface area contributed by atoms with Crippen molar-refractivity contribution in [3.8, 4) is 0 Å². The lowest BCUT2D eigenvalue weighted by Gasteiger charge is -2.21. The van der Waals surface area contributed by atoms with Gasteiger partial charge in [-0.3, -0.25) is 14.4 Å². The van der Waals surface area contributed by atoms with Crippen LogP contribution in [0, 0.1) is 18.7 Å². The van der Waals surface area contributed by atoms with Crippen molar-refractivity contribution in [2.24, 2.45) is 5.92 Å². The van der Waals surface area contributed by atoms with Gasteiger partial charge in [0.05, 0.1) is 18.0 Å². The van der Waals surface area contributed by atoms with E-state index in [0.717, 1.165) is 0 Å². The first kappa shape index (κ1) is 19.3. The Balaban J connectivity index is 1.48. The fourth-order valence-electron chi connectivity index (χ4n) is 3.48. The van der Waals surface area contributed by atoms with E-state index < -0.39 is 5.92 Å². The normalized spacial score (nSPS) is 16.6. The number of fused-ring (bicyclic) bond motifs is 1. The van der Waals surface area contributed by atoms with Gasteiger partial charge in [-0.25, -0.2) is 9.37 Å². The molecule has 2 aromatic heterocycles. The summed E-state index contributed by atoms with van der Waals surface area (Å²) in [5, 5.41) is 1.79. The fraction of sp³-hybridized carbons (Fsp3) is 0.300. The number of amides is 2. The SMILES string of the molecule is Cc1ccc(N2C[C@@H](C(=O)N(C)Cc3nc4ccsc4c(=O)[nH]3)CC2=O)cc1F. The number of aromatic nitrogens is 2. The van der Waals surface area contributed by atoms with Crippen LogP contribution in [0.15, 0.2) is 34.4 Å². The van der Waals surface area contributed by atoms with E-state index in [2.05, 4.69) is 9.97 Å². The standard InChI is InChI=1S/C20H19FN4O3S/c1-11-3-4-13(8-14(11)21)25-9-12(7-17(25)26)20(28)24(2)10-16-22-15-5-6-29-18(15)19(27)23-16/h3-6,8,12H,7,9-10H2,1-2H3,(H,22,23,27)/t12-/m0/s1. The molecule has 4 rings (SSSR count). The number of carbonyl (C=O) groups is 2. The Morgan fingerprint density at radius 2 is 2.17 bits per heavy atom. The van der Waals surface area contributed by atoms with Gasteiger partial charge in [0, 0.05) is 25.7 Å². The maximum absolute atomic E-state index is 13.9. The lowest BCUT2D eigenvalue weighted by atomic mass is 10.1. The van der Waals surface area contributed by atoms with E-state index in [0.29, 0.717) is 27.3 Å². The fourth-order valence-corrected chi connectivity index (χ4v) is 4.21. The van der Waals surface area contributed by atoms with Gasteiger partial charge in [-0.1, -0.05) is 6.07 Å². The van der Waals surface area contributed by atoms with Crippen LogP contribution < -0.4 is 10.5 Å². The van der Waals surface area contributed by atoms with Crippen molar-refractivity contribution in [3.05, 3.63) is 57.2 Å². The number of nitrogens with zero attached hydrogens (tertiary/aromatic N) is 3. The summed E-state index contributed by atoms with van der Waals surface area (Å²) in [6.45, 7) is 1.97. The highest BCUT2D eigenvalue weighted by Crippen LogP contribution is 2.27. The number of rotatable bonds is 4. The summed E-state index contributed by atoms with van der Waals surface area (Å²) in [5.41, 5.74) is 1.31. The molecule has 3 heterocycles. The van der Waals surface area contributed by atoms with Gasteiger partial charge in [-0.05, 0) is 36.1 Å². The minimum absolute atomic E-state index is 0.0617. The lowest BCUT2D eigenvalue weighted by Crippen LogP contribution is -2.35. The monoisotopic (exact) mass is 414 g/mol. The molecule has 7 nitrogen and oxygen atoms in total. The summed E-state index contributed by atoms with van der Waals surface area (Å²) in [6, 6.07) is 6.36. The van der Waals surface area contributed by atoms with Crippen LogP contribution in [0.1, 0.15) is 17.8 Å². The van der Waals surface area contributed by atoms with Crippen molar-refractivity contribution in [2.75, 3.05) is 18.5 Å². The van der Waals surface area contributed by atoms with Crippen LogP contribution in [0.25, 0.3) is 10.2 Å². The number of aromatic amines is 1. The van der Waals surface area contributed by atoms with E-state index in [1.807, 2.05) is 0 Å². The van der Waals surface area contributed by atoms with Crippen LogP contribution in [0.5, 0.6) is 0 Å². The minimum Gasteiger partial charge on any atom is -0.338 e. The van der Waals surface area contributed by atoms with E-state index >= 15 is 0 Å². The third kappa shape index (κ3) is 3.65. The summed E-state index contributed by atoms with van der Waals surface area (Å²) in [6.07, 6.45) is 0.0617. The third-order valence-corrected chi connectivity index (χ3v) is 5.97. The van der Waals surface area contributed by atoms with Crippen molar-refractivity contribution in [1.82, 2.24) is 14.9 Å². The molecule has 1 N–H and O–H groups in total. The van der Waals surface area contributed by atoms with Gasteiger partial charge < -0.3 is 14.8 Å². The molecular weight excluding hydrogens is 395 g/mol. The zero-order chi connectivity index (χ0) is 20.7.